The van der Waals surface area contributed by atoms with Crippen LogP contribution in [0.2, 0.25) is 0 Å². The summed E-state index contributed by atoms with van der Waals surface area (Å²) < 4.78 is 34.5. The highest BCUT2D eigenvalue weighted by atomic mass is 16.5. The first-order chi connectivity index (χ1) is 24.7. The molecule has 0 spiro atoms. The van der Waals surface area contributed by atoms with E-state index in [4.69, 9.17) is 28.1 Å². The van der Waals surface area contributed by atoms with Crippen LogP contribution < -0.4 is 0 Å². The maximum atomic E-state index is 13.4. The van der Waals surface area contributed by atoms with Gasteiger partial charge in [-0.2, -0.15) is 0 Å². The van der Waals surface area contributed by atoms with Gasteiger partial charge in [0.1, 0.15) is 29.9 Å². The molecule has 0 fully saturated rings. The standard InChI is InChI=1S/C39H62N2O11/c1-26(17-18-31(44)27(2)32(48-7)16-13-19-41(5)25-42)34(50-9)22-36-39(3,4)35(45)23-37-40-30(24-51-37)33(49-8)15-12-10-11-14-29(47-6)20-28(43)21-38(46)52-36/h10-14,19,24-29,32-36,43,45H,15-18,20-23H2,1-9H3/b12-10+,14-11+,19-13+/t26-,27-,28+,29+,32-,33-,34+,35+,36+/m0/s1. The van der Waals surface area contributed by atoms with Crippen LogP contribution >= 0.6 is 0 Å². The van der Waals surface area contributed by atoms with Crippen LogP contribution in [0.1, 0.15) is 90.3 Å². The normalized spacial score (nSPS) is 26.9. The summed E-state index contributed by atoms with van der Waals surface area (Å²) in [5.74, 6) is -0.777. The van der Waals surface area contributed by atoms with Crippen LogP contribution in [0.15, 0.2) is 47.3 Å². The van der Waals surface area contributed by atoms with Crippen LogP contribution in [0.3, 0.4) is 0 Å². The van der Waals surface area contributed by atoms with E-state index >= 15 is 0 Å². The summed E-state index contributed by atoms with van der Waals surface area (Å²) in [5.41, 5.74) is -0.428. The molecule has 0 radical (unpaired) electrons. The third kappa shape index (κ3) is 14.3. The lowest BCUT2D eigenvalue weighted by molar-refractivity contribution is -0.167. The monoisotopic (exact) mass is 734 g/mol. The smallest absolute Gasteiger partial charge is 0.308 e. The summed E-state index contributed by atoms with van der Waals surface area (Å²) in [4.78, 5) is 43.4. The molecule has 0 saturated carbocycles. The Labute approximate surface area is 309 Å². The number of allylic oxidation sites excluding steroid dienone is 2. The minimum Gasteiger partial charge on any atom is -0.462 e. The Kier molecular flexibility index (Phi) is 19.7. The molecule has 0 unspecified atom stereocenters. The van der Waals surface area contributed by atoms with Gasteiger partial charge in [0.2, 0.25) is 6.41 Å². The van der Waals surface area contributed by atoms with Gasteiger partial charge in [-0.25, -0.2) is 4.98 Å². The van der Waals surface area contributed by atoms with Crippen LogP contribution in [0, 0.1) is 17.3 Å². The van der Waals surface area contributed by atoms with Gasteiger partial charge < -0.3 is 43.2 Å². The van der Waals surface area contributed by atoms with E-state index in [1.807, 2.05) is 45.9 Å². The van der Waals surface area contributed by atoms with Crippen LogP contribution in [-0.4, -0.2) is 110 Å². The van der Waals surface area contributed by atoms with Crippen molar-refractivity contribution in [1.29, 1.82) is 0 Å². The number of ether oxygens (including phenoxy) is 5. The third-order valence-corrected chi connectivity index (χ3v) is 10.1. The third-order valence-electron chi connectivity index (χ3n) is 10.1. The lowest BCUT2D eigenvalue weighted by Gasteiger charge is -2.40. The Morgan fingerprint density at radius 1 is 1.10 bits per heavy atom. The fourth-order valence-electron chi connectivity index (χ4n) is 6.19. The first-order valence-electron chi connectivity index (χ1n) is 18.0. The number of rotatable bonds is 16. The van der Waals surface area contributed by atoms with Gasteiger partial charge in [0.25, 0.3) is 0 Å². The fraction of sp³-hybridized carbons (Fsp3) is 0.692. The zero-order valence-electron chi connectivity index (χ0n) is 32.4. The Morgan fingerprint density at radius 2 is 1.81 bits per heavy atom. The molecule has 1 aliphatic heterocycles. The van der Waals surface area contributed by atoms with E-state index < -0.39 is 41.9 Å². The minimum atomic E-state index is -1.05. The molecule has 0 saturated heterocycles. The largest absolute Gasteiger partial charge is 0.462 e. The van der Waals surface area contributed by atoms with Gasteiger partial charge in [-0.1, -0.05) is 58.1 Å². The number of nitrogens with zero attached hydrogens (tertiary/aromatic N) is 2. The summed E-state index contributed by atoms with van der Waals surface area (Å²) in [6, 6.07) is 0. The number of esters is 1. The number of oxazole rings is 1. The molecule has 294 valence electrons. The van der Waals surface area contributed by atoms with E-state index in [9.17, 15) is 24.6 Å². The van der Waals surface area contributed by atoms with Crippen molar-refractivity contribution in [2.45, 2.75) is 122 Å². The zero-order chi connectivity index (χ0) is 38.8. The fourth-order valence-corrected chi connectivity index (χ4v) is 6.19. The number of Topliss-reactive ketones (excluding diaryl/α,β-unsaturated/α-hetero) is 1. The second-order valence-corrected chi connectivity index (χ2v) is 14.3. The number of hydrogen-bond acceptors (Lipinski definition) is 12. The van der Waals surface area contributed by atoms with Crippen molar-refractivity contribution < 1.29 is 52.7 Å². The second kappa shape index (κ2) is 22.8. The summed E-state index contributed by atoms with van der Waals surface area (Å²) in [6.45, 7) is 7.43. The highest BCUT2D eigenvalue weighted by Gasteiger charge is 2.42. The Balaban J connectivity index is 2.29. The minimum absolute atomic E-state index is 0.0368. The first kappa shape index (κ1) is 45.0. The molecule has 1 aliphatic rings. The molecule has 1 amide bonds. The van der Waals surface area contributed by atoms with E-state index in [0.717, 1.165) is 0 Å². The van der Waals surface area contributed by atoms with Crippen molar-refractivity contribution in [2.24, 2.45) is 17.3 Å². The van der Waals surface area contributed by atoms with Gasteiger partial charge in [0.15, 0.2) is 5.89 Å². The molecular formula is C39H62N2O11. The average molecular weight is 735 g/mol. The van der Waals surface area contributed by atoms with Crippen molar-refractivity contribution in [2.75, 3.05) is 35.5 Å². The van der Waals surface area contributed by atoms with Crippen molar-refractivity contribution >= 4 is 18.2 Å². The van der Waals surface area contributed by atoms with Gasteiger partial charge in [-0.3, -0.25) is 14.4 Å². The Morgan fingerprint density at radius 3 is 2.44 bits per heavy atom. The summed E-state index contributed by atoms with van der Waals surface area (Å²) >= 11 is 0. The predicted octanol–water partition coefficient (Wildman–Crippen LogP) is 4.91. The summed E-state index contributed by atoms with van der Waals surface area (Å²) in [5, 5.41) is 22.4. The van der Waals surface area contributed by atoms with Crippen molar-refractivity contribution in [3.8, 4) is 0 Å². The number of fused-ring (bicyclic) bond motifs is 2. The van der Waals surface area contributed by atoms with Crippen LogP contribution in [0.5, 0.6) is 0 Å². The number of aromatic nitrogens is 1. The molecule has 1 aromatic rings. The van der Waals surface area contributed by atoms with Crippen molar-refractivity contribution in [3.05, 3.63) is 54.4 Å². The van der Waals surface area contributed by atoms with E-state index in [2.05, 4.69) is 4.98 Å². The number of hydrogen-bond donors (Lipinski definition) is 2. The molecule has 1 aromatic heterocycles. The number of carbonyl (C=O) groups is 3. The van der Waals surface area contributed by atoms with Gasteiger partial charge in [-0.05, 0) is 25.2 Å². The Hall–Kier alpha value is -3.20. The summed E-state index contributed by atoms with van der Waals surface area (Å²) in [7, 11) is 7.89. The SMILES string of the molecule is CO[C@@H]1/C=C/C=C/C[C@H](OC)c2coc(n2)C[C@@H](O)C(C)(C)[C@@H](C[C@@H](OC)[C@@H](C)CCC(=O)[C@H](C)[C@H](C/C=C/N(C)C=O)OC)OC(=O)C[C@H](O)C1. The first-order valence-corrected chi connectivity index (χ1v) is 18.0. The molecule has 0 aliphatic carbocycles. The lowest BCUT2D eigenvalue weighted by atomic mass is 9.75. The second-order valence-electron chi connectivity index (χ2n) is 14.3. The molecule has 0 aromatic carbocycles. The summed E-state index contributed by atoms with van der Waals surface area (Å²) in [6.07, 6.45) is 10.5. The number of ketones is 1. The van der Waals surface area contributed by atoms with Crippen LogP contribution in [-0.2, 0) is 44.5 Å². The molecule has 13 nitrogen and oxygen atoms in total. The van der Waals surface area contributed by atoms with Crippen LogP contribution in [0.4, 0.5) is 0 Å². The maximum absolute atomic E-state index is 13.4. The van der Waals surface area contributed by atoms with E-state index in [-0.39, 0.29) is 61.9 Å². The molecular weight excluding hydrogens is 672 g/mol. The van der Waals surface area contributed by atoms with Gasteiger partial charge in [0.05, 0.1) is 43.4 Å². The average Bonchev–Trinajstić information content (AvgIpc) is 3.58. The number of amides is 1. The molecule has 2 rings (SSSR count). The Bertz CT molecular complexity index is 1310. The van der Waals surface area contributed by atoms with Gasteiger partial charge in [-0.15, -0.1) is 0 Å². The molecule has 9 atom stereocenters. The molecule has 13 heteroatoms. The molecule has 52 heavy (non-hydrogen) atoms. The highest BCUT2D eigenvalue weighted by Crippen LogP contribution is 2.36. The van der Waals surface area contributed by atoms with Gasteiger partial charge >= 0.3 is 5.97 Å². The number of carbonyl (C=O) groups excluding carboxylic acids is 3. The molecule has 2 heterocycles. The zero-order valence-corrected chi connectivity index (χ0v) is 32.4. The topological polar surface area (TPSA) is 167 Å². The number of aliphatic hydroxyl groups is 2. The quantitative estimate of drug-likeness (QED) is 0.174. The van der Waals surface area contributed by atoms with Crippen molar-refractivity contribution in [1.82, 2.24) is 9.88 Å². The van der Waals surface area contributed by atoms with E-state index in [0.29, 0.717) is 37.3 Å². The predicted molar refractivity (Wildman–Crippen MR) is 195 cm³/mol. The lowest BCUT2D eigenvalue weighted by Crippen LogP contribution is -2.46. The highest BCUT2D eigenvalue weighted by molar-refractivity contribution is 5.81. The van der Waals surface area contributed by atoms with E-state index in [1.54, 1.807) is 46.7 Å². The number of methoxy groups -OCH3 is 4. The number of aliphatic hydroxyl groups excluding tert-OH is 2. The van der Waals surface area contributed by atoms with E-state index in [1.165, 1.54) is 18.3 Å². The number of cyclic esters (lactones) is 1. The molecule has 2 N–H and O–H groups in total. The maximum Gasteiger partial charge on any atom is 0.308 e. The van der Waals surface area contributed by atoms with Crippen molar-refractivity contribution in [3.63, 3.8) is 0 Å². The van der Waals surface area contributed by atoms with Crippen LogP contribution in [0.25, 0.3) is 0 Å². The molecule has 2 bridgehead atoms. The van der Waals surface area contributed by atoms with Gasteiger partial charge in [0, 0.05) is 72.3 Å².